The minimum absolute atomic E-state index is 0.606. The Balaban J connectivity index is 0.000000185. The Labute approximate surface area is 136 Å². The number of nitrogens with one attached hydrogen (secondary N) is 1. The molecule has 0 bridgehead atoms. The van der Waals surface area contributed by atoms with Crippen LogP contribution in [0.25, 0.3) is 0 Å². The molecule has 5 heteroatoms. The zero-order valence-electron chi connectivity index (χ0n) is 12.9. The highest BCUT2D eigenvalue weighted by Crippen LogP contribution is 2.15. The van der Waals surface area contributed by atoms with E-state index in [1.807, 2.05) is 24.3 Å². The Morgan fingerprint density at radius 2 is 1.52 bits per heavy atom. The lowest BCUT2D eigenvalue weighted by atomic mass is 10.2. The Morgan fingerprint density at radius 3 is 2.09 bits per heavy atom. The van der Waals surface area contributed by atoms with Gasteiger partial charge in [0.25, 0.3) is 0 Å². The van der Waals surface area contributed by atoms with Gasteiger partial charge in [-0.05, 0) is 36.4 Å². The molecule has 2 aromatic rings. The first-order chi connectivity index (χ1) is 11.2. The summed E-state index contributed by atoms with van der Waals surface area (Å²) in [7, 11) is 0. The Hall–Kier alpha value is -3.02. The van der Waals surface area contributed by atoms with Crippen LogP contribution in [0.15, 0.2) is 48.5 Å². The highest BCUT2D eigenvalue weighted by molar-refractivity contribution is 5.51. The van der Waals surface area contributed by atoms with Crippen LogP contribution in [-0.4, -0.2) is 26.2 Å². The molecule has 5 nitrogen and oxygen atoms in total. The molecule has 0 atom stereocenters. The fourth-order valence-electron chi connectivity index (χ4n) is 2.30. The molecule has 0 saturated carbocycles. The number of hydrogen-bond donors (Lipinski definition) is 2. The summed E-state index contributed by atoms with van der Waals surface area (Å²) in [5.41, 5.74) is 8.52. The lowest BCUT2D eigenvalue weighted by Gasteiger charge is -2.29. The second kappa shape index (κ2) is 8.43. The summed E-state index contributed by atoms with van der Waals surface area (Å²) in [5, 5.41) is 20.4. The van der Waals surface area contributed by atoms with Crippen LogP contribution < -0.4 is 16.0 Å². The zero-order chi connectivity index (χ0) is 16.5. The Kier molecular flexibility index (Phi) is 5.99. The van der Waals surface area contributed by atoms with E-state index >= 15 is 0 Å². The van der Waals surface area contributed by atoms with Crippen molar-refractivity contribution in [3.8, 4) is 12.1 Å². The van der Waals surface area contributed by atoms with Crippen molar-refractivity contribution in [2.45, 2.75) is 0 Å². The fourth-order valence-corrected chi connectivity index (χ4v) is 2.30. The van der Waals surface area contributed by atoms with Crippen LogP contribution in [0.3, 0.4) is 0 Å². The molecule has 2 aromatic carbocycles. The van der Waals surface area contributed by atoms with Crippen molar-refractivity contribution in [3.05, 3.63) is 59.7 Å². The third-order valence-electron chi connectivity index (χ3n) is 3.47. The van der Waals surface area contributed by atoms with Gasteiger partial charge < -0.3 is 16.0 Å². The molecule has 0 unspecified atom stereocenters. The summed E-state index contributed by atoms with van der Waals surface area (Å²) >= 11 is 0. The van der Waals surface area contributed by atoms with Gasteiger partial charge in [0.1, 0.15) is 0 Å². The summed E-state index contributed by atoms with van der Waals surface area (Å²) in [6.07, 6.45) is 0. The standard InChI is InChI=1S/C11H13N3.C7H6N2/c12-9-10-2-1-3-11(8-10)14-6-4-13-5-7-14;8-5-6-2-1-3-7(9)4-6/h1-3,8,13H,4-7H2;1-4H,9H2. The summed E-state index contributed by atoms with van der Waals surface area (Å²) in [4.78, 5) is 2.30. The lowest BCUT2D eigenvalue weighted by molar-refractivity contribution is 0.589. The summed E-state index contributed by atoms with van der Waals surface area (Å²) in [6.45, 7) is 4.09. The van der Waals surface area contributed by atoms with Crippen LogP contribution in [0.5, 0.6) is 0 Å². The molecular formula is C18H19N5. The van der Waals surface area contributed by atoms with Crippen LogP contribution >= 0.6 is 0 Å². The summed E-state index contributed by atoms with van der Waals surface area (Å²) < 4.78 is 0. The van der Waals surface area contributed by atoms with Gasteiger partial charge >= 0.3 is 0 Å². The maximum atomic E-state index is 8.78. The fraction of sp³-hybridized carbons (Fsp3) is 0.222. The first-order valence-electron chi connectivity index (χ1n) is 7.44. The highest BCUT2D eigenvalue weighted by Gasteiger charge is 2.09. The van der Waals surface area contributed by atoms with Crippen LogP contribution in [0, 0.1) is 22.7 Å². The molecule has 0 aromatic heterocycles. The number of nitrogens with two attached hydrogens (primary N) is 1. The highest BCUT2D eigenvalue weighted by atomic mass is 15.2. The second-order valence-corrected chi connectivity index (χ2v) is 5.14. The third-order valence-corrected chi connectivity index (χ3v) is 3.47. The minimum atomic E-state index is 0.606. The SMILES string of the molecule is N#Cc1cccc(N)c1.N#Cc1cccc(N2CCNCC2)c1. The molecule has 0 spiro atoms. The average molecular weight is 305 g/mol. The van der Waals surface area contributed by atoms with Crippen molar-refractivity contribution >= 4 is 11.4 Å². The monoisotopic (exact) mass is 305 g/mol. The van der Waals surface area contributed by atoms with E-state index in [9.17, 15) is 0 Å². The number of anilines is 2. The molecule has 0 amide bonds. The number of rotatable bonds is 1. The molecule has 1 heterocycles. The normalized spacial score (nSPS) is 13.2. The number of nitriles is 2. The van der Waals surface area contributed by atoms with E-state index in [0.717, 1.165) is 37.4 Å². The van der Waals surface area contributed by atoms with Crippen molar-refractivity contribution in [1.82, 2.24) is 5.32 Å². The van der Waals surface area contributed by atoms with E-state index in [0.29, 0.717) is 11.3 Å². The quantitative estimate of drug-likeness (QED) is 0.788. The van der Waals surface area contributed by atoms with Crippen LogP contribution in [0.2, 0.25) is 0 Å². The van der Waals surface area contributed by atoms with E-state index in [4.69, 9.17) is 16.3 Å². The lowest BCUT2D eigenvalue weighted by Crippen LogP contribution is -2.43. The maximum Gasteiger partial charge on any atom is 0.0992 e. The summed E-state index contributed by atoms with van der Waals surface area (Å²) in [6, 6.07) is 18.8. The predicted molar refractivity (Wildman–Crippen MR) is 91.8 cm³/mol. The van der Waals surface area contributed by atoms with Crippen molar-refractivity contribution in [3.63, 3.8) is 0 Å². The van der Waals surface area contributed by atoms with Gasteiger partial charge in [-0.1, -0.05) is 12.1 Å². The van der Waals surface area contributed by atoms with Crippen molar-refractivity contribution in [2.75, 3.05) is 36.8 Å². The van der Waals surface area contributed by atoms with Gasteiger partial charge in [0, 0.05) is 37.6 Å². The van der Waals surface area contributed by atoms with Crippen molar-refractivity contribution in [1.29, 1.82) is 10.5 Å². The Bertz CT molecular complexity index is 721. The molecule has 3 rings (SSSR count). The van der Waals surface area contributed by atoms with Gasteiger partial charge in [-0.2, -0.15) is 10.5 Å². The second-order valence-electron chi connectivity index (χ2n) is 5.14. The minimum Gasteiger partial charge on any atom is -0.399 e. The van der Waals surface area contributed by atoms with Gasteiger partial charge in [-0.3, -0.25) is 0 Å². The molecule has 23 heavy (non-hydrogen) atoms. The van der Waals surface area contributed by atoms with Gasteiger partial charge in [-0.15, -0.1) is 0 Å². The maximum absolute atomic E-state index is 8.78. The molecule has 1 fully saturated rings. The van der Waals surface area contributed by atoms with Crippen molar-refractivity contribution in [2.24, 2.45) is 0 Å². The predicted octanol–water partition coefficient (Wildman–Crippen LogP) is 2.11. The number of piperazine rings is 1. The summed E-state index contributed by atoms with van der Waals surface area (Å²) in [5.74, 6) is 0. The van der Waals surface area contributed by atoms with Gasteiger partial charge in [0.2, 0.25) is 0 Å². The molecular weight excluding hydrogens is 286 g/mol. The van der Waals surface area contributed by atoms with E-state index in [2.05, 4.69) is 22.4 Å². The third kappa shape index (κ3) is 5.03. The molecule has 3 N–H and O–H groups in total. The molecule has 0 aliphatic carbocycles. The zero-order valence-corrected chi connectivity index (χ0v) is 12.9. The van der Waals surface area contributed by atoms with E-state index in [1.54, 1.807) is 24.3 Å². The molecule has 1 aliphatic rings. The number of benzene rings is 2. The van der Waals surface area contributed by atoms with Crippen LogP contribution in [-0.2, 0) is 0 Å². The smallest absolute Gasteiger partial charge is 0.0992 e. The topological polar surface area (TPSA) is 88.9 Å². The van der Waals surface area contributed by atoms with E-state index in [-0.39, 0.29) is 0 Å². The molecule has 1 saturated heterocycles. The number of nitrogen functional groups attached to an aromatic ring is 1. The van der Waals surface area contributed by atoms with Gasteiger partial charge in [0.15, 0.2) is 0 Å². The number of hydrogen-bond acceptors (Lipinski definition) is 5. The van der Waals surface area contributed by atoms with Gasteiger partial charge in [0.05, 0.1) is 23.3 Å². The van der Waals surface area contributed by atoms with E-state index in [1.165, 1.54) is 0 Å². The first kappa shape index (κ1) is 16.4. The van der Waals surface area contributed by atoms with Gasteiger partial charge in [-0.25, -0.2) is 0 Å². The largest absolute Gasteiger partial charge is 0.399 e. The average Bonchev–Trinajstić information content (AvgIpc) is 2.63. The molecule has 116 valence electrons. The first-order valence-corrected chi connectivity index (χ1v) is 7.44. The van der Waals surface area contributed by atoms with E-state index < -0.39 is 0 Å². The number of nitrogens with zero attached hydrogens (tertiary/aromatic N) is 3. The Morgan fingerprint density at radius 1 is 0.913 bits per heavy atom. The molecule has 1 aliphatic heterocycles. The molecule has 0 radical (unpaired) electrons. The van der Waals surface area contributed by atoms with Crippen molar-refractivity contribution < 1.29 is 0 Å². The van der Waals surface area contributed by atoms with Crippen LogP contribution in [0.4, 0.5) is 11.4 Å². The van der Waals surface area contributed by atoms with Crippen LogP contribution in [0.1, 0.15) is 11.1 Å².